The Hall–Kier alpha value is -2.97. The van der Waals surface area contributed by atoms with E-state index in [2.05, 4.69) is 58.6 Å². The standard InChI is InChI=1S/C24H29N7S/c1-15(2)19-20-21(31-30-19)22(29-23(28-20)32-14-24(3,4)25)27-13-16-8-10-17(11-9-16)18-7-5-6-12-26-18/h5-12,15H,13-14,25H2,1-4H3,(H,30,31)(H,27,28,29). The zero-order valence-electron chi connectivity index (χ0n) is 18.9. The number of H-pyrrole nitrogens is 1. The molecule has 4 N–H and O–H groups in total. The van der Waals surface area contributed by atoms with Crippen LogP contribution in [0.1, 0.15) is 44.9 Å². The molecule has 1 aromatic carbocycles. The lowest BCUT2D eigenvalue weighted by molar-refractivity contribution is 0.590. The van der Waals surface area contributed by atoms with Crippen molar-refractivity contribution in [2.75, 3.05) is 11.1 Å². The molecule has 166 valence electrons. The van der Waals surface area contributed by atoms with E-state index in [-0.39, 0.29) is 11.5 Å². The van der Waals surface area contributed by atoms with Gasteiger partial charge >= 0.3 is 0 Å². The Morgan fingerprint density at radius 2 is 1.84 bits per heavy atom. The lowest BCUT2D eigenvalue weighted by atomic mass is 10.1. The number of hydrogen-bond acceptors (Lipinski definition) is 7. The number of pyridine rings is 1. The Bertz CT molecular complexity index is 1180. The minimum atomic E-state index is -0.302. The number of aromatic nitrogens is 5. The molecular weight excluding hydrogens is 418 g/mol. The van der Waals surface area contributed by atoms with Gasteiger partial charge in [0, 0.05) is 29.6 Å². The van der Waals surface area contributed by atoms with E-state index in [0.29, 0.717) is 11.7 Å². The molecule has 0 bridgehead atoms. The van der Waals surface area contributed by atoms with Gasteiger partial charge in [0.2, 0.25) is 0 Å². The van der Waals surface area contributed by atoms with E-state index in [4.69, 9.17) is 15.7 Å². The fraction of sp³-hybridized carbons (Fsp3) is 0.333. The number of benzene rings is 1. The van der Waals surface area contributed by atoms with Crippen LogP contribution in [0, 0.1) is 0 Å². The molecule has 0 unspecified atom stereocenters. The number of anilines is 1. The fourth-order valence-electron chi connectivity index (χ4n) is 3.25. The number of rotatable bonds is 8. The van der Waals surface area contributed by atoms with Crippen LogP contribution in [0.3, 0.4) is 0 Å². The molecule has 0 saturated heterocycles. The molecule has 0 radical (unpaired) electrons. The van der Waals surface area contributed by atoms with Gasteiger partial charge in [-0.1, -0.05) is 55.9 Å². The van der Waals surface area contributed by atoms with Crippen LogP contribution >= 0.6 is 11.8 Å². The molecule has 4 rings (SSSR count). The Morgan fingerprint density at radius 1 is 1.06 bits per heavy atom. The van der Waals surface area contributed by atoms with Crippen LogP contribution < -0.4 is 11.1 Å². The first-order chi connectivity index (χ1) is 15.3. The van der Waals surface area contributed by atoms with E-state index < -0.39 is 0 Å². The molecule has 0 amide bonds. The van der Waals surface area contributed by atoms with Crippen LogP contribution in [0.5, 0.6) is 0 Å². The normalized spacial score (nSPS) is 11.9. The average Bonchev–Trinajstić information content (AvgIpc) is 3.21. The monoisotopic (exact) mass is 447 g/mol. The maximum atomic E-state index is 6.17. The number of hydrogen-bond donors (Lipinski definition) is 3. The molecule has 3 aromatic heterocycles. The van der Waals surface area contributed by atoms with Crippen LogP contribution in [-0.2, 0) is 6.54 Å². The second-order valence-corrected chi connectivity index (χ2v) is 9.83. The van der Waals surface area contributed by atoms with Gasteiger partial charge < -0.3 is 11.1 Å². The van der Waals surface area contributed by atoms with E-state index in [1.54, 1.807) is 11.8 Å². The lowest BCUT2D eigenvalue weighted by Crippen LogP contribution is -2.34. The molecule has 0 atom stereocenters. The van der Waals surface area contributed by atoms with Gasteiger partial charge in [0.1, 0.15) is 5.52 Å². The maximum Gasteiger partial charge on any atom is 0.190 e. The Balaban J connectivity index is 1.57. The van der Waals surface area contributed by atoms with Gasteiger partial charge in [-0.25, -0.2) is 9.97 Å². The van der Waals surface area contributed by atoms with E-state index in [1.165, 1.54) is 0 Å². The second kappa shape index (κ2) is 9.26. The Labute approximate surface area is 192 Å². The predicted molar refractivity (Wildman–Crippen MR) is 132 cm³/mol. The third-order valence-electron chi connectivity index (χ3n) is 4.93. The van der Waals surface area contributed by atoms with Gasteiger partial charge in [0.15, 0.2) is 16.5 Å². The number of nitrogens with zero attached hydrogens (tertiary/aromatic N) is 4. The van der Waals surface area contributed by atoms with Crippen molar-refractivity contribution in [3.8, 4) is 11.3 Å². The van der Waals surface area contributed by atoms with Crippen molar-refractivity contribution in [3.63, 3.8) is 0 Å². The van der Waals surface area contributed by atoms with Gasteiger partial charge in [-0.15, -0.1) is 0 Å². The van der Waals surface area contributed by atoms with Crippen molar-refractivity contribution in [3.05, 3.63) is 59.9 Å². The summed E-state index contributed by atoms with van der Waals surface area (Å²) in [6, 6.07) is 14.3. The predicted octanol–water partition coefficient (Wildman–Crippen LogP) is 4.98. The third kappa shape index (κ3) is 5.26. The fourth-order valence-corrected chi connectivity index (χ4v) is 4.06. The lowest BCUT2D eigenvalue weighted by Gasteiger charge is -2.17. The second-order valence-electron chi connectivity index (χ2n) is 8.89. The molecule has 0 aliphatic carbocycles. The highest BCUT2D eigenvalue weighted by atomic mass is 32.2. The SMILES string of the molecule is CC(C)c1[nH]nc2c(NCc3ccc(-c4ccccn4)cc3)nc(SCC(C)(C)N)nc12. The first kappa shape index (κ1) is 22.2. The first-order valence-corrected chi connectivity index (χ1v) is 11.7. The van der Waals surface area contributed by atoms with E-state index in [9.17, 15) is 0 Å². The summed E-state index contributed by atoms with van der Waals surface area (Å²) in [6.07, 6.45) is 1.81. The van der Waals surface area contributed by atoms with Gasteiger partial charge in [-0.05, 0) is 37.5 Å². The largest absolute Gasteiger partial charge is 0.364 e. The zero-order chi connectivity index (χ0) is 22.7. The van der Waals surface area contributed by atoms with E-state index in [1.807, 2.05) is 38.2 Å². The van der Waals surface area contributed by atoms with E-state index >= 15 is 0 Å². The van der Waals surface area contributed by atoms with Crippen molar-refractivity contribution < 1.29 is 0 Å². The zero-order valence-corrected chi connectivity index (χ0v) is 19.7. The molecule has 4 aromatic rings. The molecule has 32 heavy (non-hydrogen) atoms. The summed E-state index contributed by atoms with van der Waals surface area (Å²) in [5.74, 6) is 1.73. The number of aromatic amines is 1. The van der Waals surface area contributed by atoms with Crippen LogP contribution in [0.25, 0.3) is 22.3 Å². The summed E-state index contributed by atoms with van der Waals surface area (Å²) in [4.78, 5) is 13.9. The Kier molecular flexibility index (Phi) is 6.43. The smallest absolute Gasteiger partial charge is 0.190 e. The van der Waals surface area contributed by atoms with Crippen molar-refractivity contribution in [2.45, 2.75) is 50.9 Å². The van der Waals surface area contributed by atoms with Crippen LogP contribution in [0.2, 0.25) is 0 Å². The number of fused-ring (bicyclic) bond motifs is 1. The summed E-state index contributed by atoms with van der Waals surface area (Å²) in [5, 5.41) is 11.8. The quantitative estimate of drug-likeness (QED) is 0.258. The van der Waals surface area contributed by atoms with Crippen LogP contribution in [0.4, 0.5) is 5.82 Å². The number of nitrogens with one attached hydrogen (secondary N) is 2. The van der Waals surface area contributed by atoms with Crippen molar-refractivity contribution in [1.82, 2.24) is 25.1 Å². The summed E-state index contributed by atoms with van der Waals surface area (Å²) < 4.78 is 0. The average molecular weight is 448 g/mol. The topological polar surface area (TPSA) is 105 Å². The molecule has 7 nitrogen and oxygen atoms in total. The minimum absolute atomic E-state index is 0.283. The van der Waals surface area contributed by atoms with Gasteiger partial charge in [-0.3, -0.25) is 10.1 Å². The summed E-state index contributed by atoms with van der Waals surface area (Å²) in [7, 11) is 0. The van der Waals surface area contributed by atoms with Crippen molar-refractivity contribution >= 4 is 28.6 Å². The van der Waals surface area contributed by atoms with Crippen molar-refractivity contribution in [2.24, 2.45) is 5.73 Å². The molecule has 3 heterocycles. The van der Waals surface area contributed by atoms with Gasteiger partial charge in [-0.2, -0.15) is 5.10 Å². The molecular formula is C24H29N7S. The van der Waals surface area contributed by atoms with Crippen LogP contribution in [-0.4, -0.2) is 36.4 Å². The molecule has 0 saturated carbocycles. The summed E-state index contributed by atoms with van der Waals surface area (Å²) >= 11 is 1.57. The highest BCUT2D eigenvalue weighted by Gasteiger charge is 2.19. The first-order valence-electron chi connectivity index (χ1n) is 10.7. The molecule has 0 fully saturated rings. The third-order valence-corrected chi connectivity index (χ3v) is 6.26. The highest BCUT2D eigenvalue weighted by Crippen LogP contribution is 2.29. The number of nitrogens with two attached hydrogens (primary N) is 1. The van der Waals surface area contributed by atoms with Crippen LogP contribution in [0.15, 0.2) is 53.8 Å². The van der Waals surface area contributed by atoms with Gasteiger partial charge in [0.25, 0.3) is 0 Å². The molecule has 0 aliphatic rings. The molecule has 0 spiro atoms. The van der Waals surface area contributed by atoms with Crippen molar-refractivity contribution in [1.29, 1.82) is 0 Å². The minimum Gasteiger partial charge on any atom is -0.364 e. The Morgan fingerprint density at radius 3 is 2.50 bits per heavy atom. The van der Waals surface area contributed by atoms with Gasteiger partial charge in [0.05, 0.1) is 11.4 Å². The highest BCUT2D eigenvalue weighted by molar-refractivity contribution is 7.99. The number of thioether (sulfide) groups is 1. The molecule has 0 aliphatic heterocycles. The summed E-state index contributed by atoms with van der Waals surface area (Å²) in [6.45, 7) is 8.89. The molecule has 8 heteroatoms. The van der Waals surface area contributed by atoms with E-state index in [0.717, 1.165) is 45.1 Å². The maximum absolute atomic E-state index is 6.17. The summed E-state index contributed by atoms with van der Waals surface area (Å²) in [5.41, 5.74) is 11.7.